The molecule has 192 valence electrons. The van der Waals surface area contributed by atoms with Gasteiger partial charge in [0.05, 0.1) is 5.69 Å². The molecule has 2 aromatic carbocycles. The second-order valence-corrected chi connectivity index (χ2v) is 10.4. The highest BCUT2D eigenvalue weighted by Gasteiger charge is 2.52. The number of esters is 1. The van der Waals surface area contributed by atoms with Gasteiger partial charge in [-0.15, -0.1) is 0 Å². The van der Waals surface area contributed by atoms with Crippen LogP contribution in [-0.2, 0) is 19.9 Å². The monoisotopic (exact) mass is 497 g/mol. The number of carbonyl (C=O) groups is 1. The number of hydrogen-bond acceptors (Lipinski definition) is 6. The first kappa shape index (κ1) is 26.4. The molecule has 1 aliphatic heterocycles. The van der Waals surface area contributed by atoms with Gasteiger partial charge in [-0.3, -0.25) is 4.99 Å². The van der Waals surface area contributed by atoms with Crippen molar-refractivity contribution in [3.8, 4) is 22.4 Å². The molecule has 0 amide bonds. The van der Waals surface area contributed by atoms with Gasteiger partial charge >= 0.3 is 5.97 Å². The average Bonchev–Trinajstić information content (AvgIpc) is 3.34. The van der Waals surface area contributed by atoms with Crippen molar-refractivity contribution in [2.75, 3.05) is 6.61 Å². The minimum absolute atomic E-state index is 0.235. The van der Waals surface area contributed by atoms with Crippen molar-refractivity contribution in [2.24, 2.45) is 4.99 Å². The molecule has 0 N–H and O–H groups in total. The number of benzene rings is 2. The van der Waals surface area contributed by atoms with Crippen LogP contribution in [0.4, 0.5) is 0 Å². The molecule has 6 heteroatoms. The minimum Gasteiger partial charge on any atom is -0.458 e. The van der Waals surface area contributed by atoms with Gasteiger partial charge in [-0.2, -0.15) is 0 Å². The second-order valence-electron chi connectivity index (χ2n) is 10.4. The van der Waals surface area contributed by atoms with Crippen LogP contribution >= 0.6 is 0 Å². The third-order valence-electron chi connectivity index (χ3n) is 6.41. The molecule has 4 rings (SSSR count). The summed E-state index contributed by atoms with van der Waals surface area (Å²) in [6.07, 6.45) is 8.85. The van der Waals surface area contributed by atoms with Gasteiger partial charge in [-0.25, -0.2) is 14.8 Å². The van der Waals surface area contributed by atoms with Crippen molar-refractivity contribution >= 4 is 12.2 Å². The highest BCUT2D eigenvalue weighted by Crippen LogP contribution is 2.45. The highest BCUT2D eigenvalue weighted by molar-refractivity contribution is 5.80. The van der Waals surface area contributed by atoms with E-state index in [0.29, 0.717) is 12.2 Å². The maximum Gasteiger partial charge on any atom is 0.332 e. The minimum atomic E-state index is -1.08. The Balaban J connectivity index is 1.87. The predicted molar refractivity (Wildman–Crippen MR) is 147 cm³/mol. The van der Waals surface area contributed by atoms with Crippen molar-refractivity contribution < 1.29 is 14.3 Å². The predicted octanol–water partition coefficient (Wildman–Crippen LogP) is 6.56. The number of ether oxygens (including phenoxy) is 2. The van der Waals surface area contributed by atoms with E-state index < -0.39 is 22.7 Å². The lowest BCUT2D eigenvalue weighted by Gasteiger charge is -2.42. The molecule has 1 aromatic heterocycles. The summed E-state index contributed by atoms with van der Waals surface area (Å²) in [5, 5.41) is 0. The van der Waals surface area contributed by atoms with E-state index in [1.165, 1.54) is 0 Å². The summed E-state index contributed by atoms with van der Waals surface area (Å²) in [4.78, 5) is 27.6. The number of rotatable bonds is 9. The van der Waals surface area contributed by atoms with Crippen molar-refractivity contribution in [1.29, 1.82) is 0 Å². The Bertz CT molecular complexity index is 1270. The Morgan fingerprint density at radius 2 is 1.62 bits per heavy atom. The zero-order valence-electron chi connectivity index (χ0n) is 22.3. The van der Waals surface area contributed by atoms with Gasteiger partial charge in [0.25, 0.3) is 0 Å². The topological polar surface area (TPSA) is 73.7 Å². The maximum atomic E-state index is 12.7. The van der Waals surface area contributed by atoms with Crippen molar-refractivity contribution in [3.05, 3.63) is 84.8 Å². The number of aromatic nitrogens is 2. The first-order valence-electron chi connectivity index (χ1n) is 12.7. The quantitative estimate of drug-likeness (QED) is 0.313. The molecule has 0 radical (unpaired) electrons. The summed E-state index contributed by atoms with van der Waals surface area (Å²) in [6, 6.07) is 20.1. The Hall–Kier alpha value is -3.64. The zero-order valence-corrected chi connectivity index (χ0v) is 22.3. The summed E-state index contributed by atoms with van der Waals surface area (Å²) >= 11 is 0. The molecule has 2 heterocycles. The molecular formula is C31H35N3O3. The summed E-state index contributed by atoms with van der Waals surface area (Å²) in [5.74, 6) is 0.0503. The largest absolute Gasteiger partial charge is 0.458 e. The number of nitrogens with zero attached hydrogens (tertiary/aromatic N) is 3. The van der Waals surface area contributed by atoms with Crippen LogP contribution in [-0.4, -0.2) is 39.9 Å². The van der Waals surface area contributed by atoms with E-state index in [0.717, 1.165) is 28.8 Å². The van der Waals surface area contributed by atoms with Crippen molar-refractivity contribution in [1.82, 2.24) is 9.97 Å². The van der Waals surface area contributed by atoms with Crippen LogP contribution in [0.3, 0.4) is 0 Å². The molecule has 0 saturated carbocycles. The van der Waals surface area contributed by atoms with E-state index in [9.17, 15) is 4.79 Å². The fourth-order valence-corrected chi connectivity index (χ4v) is 4.71. The summed E-state index contributed by atoms with van der Waals surface area (Å²) in [5.41, 5.74) is 1.22. The lowest BCUT2D eigenvalue weighted by Crippen LogP contribution is -2.51. The highest BCUT2D eigenvalue weighted by atomic mass is 16.6. The van der Waals surface area contributed by atoms with E-state index in [-0.39, 0.29) is 6.61 Å². The molecule has 2 unspecified atom stereocenters. The third-order valence-corrected chi connectivity index (χ3v) is 6.41. The number of carbonyl (C=O) groups excluding carboxylic acids is 1. The van der Waals surface area contributed by atoms with Gasteiger partial charge in [0.15, 0.2) is 11.4 Å². The molecule has 0 spiro atoms. The van der Waals surface area contributed by atoms with E-state index in [2.05, 4.69) is 19.1 Å². The zero-order chi connectivity index (χ0) is 26.5. The van der Waals surface area contributed by atoms with Gasteiger partial charge in [-0.1, -0.05) is 80.1 Å². The SMILES string of the molecule is CCCC(OCC(=O)OC(C)(C)C)(c1ncc(-c2ccccc2)c(-c2ccccc2)n1)C1(C)C=CC=N1. The first-order valence-corrected chi connectivity index (χ1v) is 12.7. The molecular weight excluding hydrogens is 462 g/mol. The molecule has 0 fully saturated rings. The lowest BCUT2D eigenvalue weighted by atomic mass is 9.77. The summed E-state index contributed by atoms with van der Waals surface area (Å²) in [6.45, 7) is 9.36. The van der Waals surface area contributed by atoms with Gasteiger partial charge in [-0.05, 0) is 45.8 Å². The van der Waals surface area contributed by atoms with Crippen LogP contribution in [0.25, 0.3) is 22.4 Å². The van der Waals surface area contributed by atoms with Crippen LogP contribution in [0.15, 0.2) is 84.0 Å². The van der Waals surface area contributed by atoms with Gasteiger partial charge in [0.1, 0.15) is 17.7 Å². The summed E-state index contributed by atoms with van der Waals surface area (Å²) in [7, 11) is 0. The van der Waals surface area contributed by atoms with Gasteiger partial charge in [0.2, 0.25) is 0 Å². The Labute approximate surface area is 219 Å². The van der Waals surface area contributed by atoms with E-state index in [1.54, 1.807) is 6.21 Å². The van der Waals surface area contributed by atoms with E-state index in [1.807, 2.05) is 94.6 Å². The molecule has 37 heavy (non-hydrogen) atoms. The van der Waals surface area contributed by atoms with Gasteiger partial charge in [0, 0.05) is 23.5 Å². The molecule has 0 aliphatic carbocycles. The molecule has 0 bridgehead atoms. The summed E-state index contributed by atoms with van der Waals surface area (Å²) < 4.78 is 12.1. The average molecular weight is 498 g/mol. The normalized spacial score (nSPS) is 18.5. The van der Waals surface area contributed by atoms with Crippen LogP contribution < -0.4 is 0 Å². The van der Waals surface area contributed by atoms with Crippen LogP contribution in [0.2, 0.25) is 0 Å². The van der Waals surface area contributed by atoms with E-state index >= 15 is 0 Å². The number of aliphatic imine (C=N–C) groups is 1. The standard InChI is InChI=1S/C31H35N3O3/c1-6-18-31(30(5)19-13-20-33-30,36-22-26(35)37-29(2,3)4)28-32-21-25(23-14-9-7-10-15-23)27(34-28)24-16-11-8-12-17-24/h7-17,19-21H,6,18,22H2,1-5H3. The van der Waals surface area contributed by atoms with Gasteiger partial charge < -0.3 is 9.47 Å². The first-order chi connectivity index (χ1) is 17.7. The molecule has 0 saturated heterocycles. The fourth-order valence-electron chi connectivity index (χ4n) is 4.71. The number of allylic oxidation sites excluding steroid dienone is 1. The maximum absolute atomic E-state index is 12.7. The smallest absolute Gasteiger partial charge is 0.332 e. The molecule has 2 atom stereocenters. The van der Waals surface area contributed by atoms with E-state index in [4.69, 9.17) is 24.4 Å². The Morgan fingerprint density at radius 1 is 0.973 bits per heavy atom. The lowest BCUT2D eigenvalue weighted by molar-refractivity contribution is -0.173. The molecule has 3 aromatic rings. The molecule has 6 nitrogen and oxygen atoms in total. The van der Waals surface area contributed by atoms with Crippen molar-refractivity contribution in [2.45, 2.75) is 64.2 Å². The Morgan fingerprint density at radius 3 is 2.19 bits per heavy atom. The molecule has 1 aliphatic rings. The van der Waals surface area contributed by atoms with Crippen molar-refractivity contribution in [3.63, 3.8) is 0 Å². The second kappa shape index (κ2) is 10.8. The number of hydrogen-bond donors (Lipinski definition) is 0. The van der Waals surface area contributed by atoms with Crippen LogP contribution in [0, 0.1) is 0 Å². The Kier molecular flexibility index (Phi) is 7.69. The van der Waals surface area contributed by atoms with Crippen LogP contribution in [0.1, 0.15) is 53.3 Å². The third kappa shape index (κ3) is 5.70. The fraction of sp³-hybridized carbons (Fsp3) is 0.355. The van der Waals surface area contributed by atoms with Crippen LogP contribution in [0.5, 0.6) is 0 Å².